The van der Waals surface area contributed by atoms with Gasteiger partial charge in [-0.15, -0.1) is 0 Å². The lowest BCUT2D eigenvalue weighted by atomic mass is 9.99. The van der Waals surface area contributed by atoms with Gasteiger partial charge in [0, 0.05) is 18.2 Å². The Hall–Kier alpha value is -2.11. The topological polar surface area (TPSA) is 91.3 Å². The maximum atomic E-state index is 11.7. The standard InChI is InChI=1S/C13H19N3O3/c1-9-4-5-10(14-8-9)15-12(19)16-13(2,3)7-6-11(17)18/h4-5,8H,6-7H2,1-3H3,(H,17,18)(H2,14,15,16,19). The summed E-state index contributed by atoms with van der Waals surface area (Å²) in [6.45, 7) is 5.46. The highest BCUT2D eigenvalue weighted by molar-refractivity contribution is 5.88. The van der Waals surface area contributed by atoms with Crippen LogP contribution in [0.5, 0.6) is 0 Å². The summed E-state index contributed by atoms with van der Waals surface area (Å²) in [5.41, 5.74) is 0.417. The molecule has 0 aliphatic heterocycles. The molecular weight excluding hydrogens is 246 g/mol. The first kappa shape index (κ1) is 14.9. The number of aliphatic carboxylic acids is 1. The molecule has 19 heavy (non-hydrogen) atoms. The molecular formula is C13H19N3O3. The lowest BCUT2D eigenvalue weighted by Gasteiger charge is -2.25. The number of amides is 2. The van der Waals surface area contributed by atoms with Gasteiger partial charge in [-0.1, -0.05) is 6.07 Å². The van der Waals surface area contributed by atoms with E-state index in [2.05, 4.69) is 15.6 Å². The van der Waals surface area contributed by atoms with Gasteiger partial charge in [-0.25, -0.2) is 9.78 Å². The van der Waals surface area contributed by atoms with Crippen molar-refractivity contribution in [1.82, 2.24) is 10.3 Å². The van der Waals surface area contributed by atoms with E-state index in [1.807, 2.05) is 13.0 Å². The fourth-order valence-corrected chi connectivity index (χ4v) is 1.48. The van der Waals surface area contributed by atoms with Crippen LogP contribution >= 0.6 is 0 Å². The van der Waals surface area contributed by atoms with Crippen LogP contribution in [0.4, 0.5) is 10.6 Å². The maximum absolute atomic E-state index is 11.7. The van der Waals surface area contributed by atoms with E-state index in [1.54, 1.807) is 26.1 Å². The minimum Gasteiger partial charge on any atom is -0.481 e. The molecule has 0 saturated heterocycles. The second-order valence-electron chi connectivity index (χ2n) is 5.08. The van der Waals surface area contributed by atoms with Crippen molar-refractivity contribution >= 4 is 17.8 Å². The molecule has 0 aliphatic carbocycles. The molecule has 0 spiro atoms. The molecule has 0 radical (unpaired) electrons. The quantitative estimate of drug-likeness (QED) is 0.760. The number of hydrogen-bond donors (Lipinski definition) is 3. The SMILES string of the molecule is Cc1ccc(NC(=O)NC(C)(C)CCC(=O)O)nc1. The Kier molecular flexibility index (Phi) is 4.86. The molecule has 0 fully saturated rings. The zero-order chi connectivity index (χ0) is 14.5. The van der Waals surface area contributed by atoms with Crippen molar-refractivity contribution < 1.29 is 14.7 Å². The number of carbonyl (C=O) groups excluding carboxylic acids is 1. The monoisotopic (exact) mass is 265 g/mol. The van der Waals surface area contributed by atoms with Crippen LogP contribution in [-0.2, 0) is 4.79 Å². The van der Waals surface area contributed by atoms with E-state index in [0.29, 0.717) is 12.2 Å². The Morgan fingerprint density at radius 3 is 2.58 bits per heavy atom. The first-order valence-corrected chi connectivity index (χ1v) is 6.02. The number of carboxylic acid groups (broad SMARTS) is 1. The lowest BCUT2D eigenvalue weighted by Crippen LogP contribution is -2.45. The van der Waals surface area contributed by atoms with Gasteiger partial charge in [0.15, 0.2) is 0 Å². The zero-order valence-electron chi connectivity index (χ0n) is 11.4. The van der Waals surface area contributed by atoms with Gasteiger partial charge in [0.2, 0.25) is 0 Å². The molecule has 0 unspecified atom stereocenters. The highest BCUT2D eigenvalue weighted by Gasteiger charge is 2.21. The predicted octanol–water partition coefficient (Wildman–Crippen LogP) is 2.15. The molecule has 0 atom stereocenters. The van der Waals surface area contributed by atoms with E-state index >= 15 is 0 Å². The number of carbonyl (C=O) groups is 2. The smallest absolute Gasteiger partial charge is 0.320 e. The average Bonchev–Trinajstić information content (AvgIpc) is 2.29. The molecule has 6 heteroatoms. The van der Waals surface area contributed by atoms with Crippen LogP contribution in [0.15, 0.2) is 18.3 Å². The van der Waals surface area contributed by atoms with E-state index < -0.39 is 17.5 Å². The molecule has 0 bridgehead atoms. The Morgan fingerprint density at radius 1 is 1.37 bits per heavy atom. The van der Waals surface area contributed by atoms with Gasteiger partial charge in [0.05, 0.1) is 0 Å². The third kappa shape index (κ3) is 5.85. The van der Waals surface area contributed by atoms with Crippen LogP contribution in [0.1, 0.15) is 32.3 Å². The van der Waals surface area contributed by atoms with Gasteiger partial charge in [0.1, 0.15) is 5.82 Å². The van der Waals surface area contributed by atoms with Crippen molar-refractivity contribution in [3.63, 3.8) is 0 Å². The molecule has 0 saturated carbocycles. The summed E-state index contributed by atoms with van der Waals surface area (Å²) in [5, 5.41) is 14.0. The van der Waals surface area contributed by atoms with Crippen molar-refractivity contribution in [2.24, 2.45) is 0 Å². The van der Waals surface area contributed by atoms with Gasteiger partial charge in [-0.05, 0) is 38.8 Å². The third-order valence-corrected chi connectivity index (χ3v) is 2.57. The Bertz CT molecular complexity index is 455. The number of hydrogen-bond acceptors (Lipinski definition) is 3. The van der Waals surface area contributed by atoms with Gasteiger partial charge in [-0.2, -0.15) is 0 Å². The largest absolute Gasteiger partial charge is 0.481 e. The van der Waals surface area contributed by atoms with Crippen molar-refractivity contribution in [2.75, 3.05) is 5.32 Å². The minimum absolute atomic E-state index is 0.00998. The Balaban J connectivity index is 2.50. The normalized spacial score (nSPS) is 10.9. The fourth-order valence-electron chi connectivity index (χ4n) is 1.48. The van der Waals surface area contributed by atoms with Crippen LogP contribution in [0.25, 0.3) is 0 Å². The number of rotatable bonds is 5. The number of aromatic nitrogens is 1. The number of anilines is 1. The molecule has 1 aromatic heterocycles. The van der Waals surface area contributed by atoms with Crippen molar-refractivity contribution in [2.45, 2.75) is 39.2 Å². The summed E-state index contributed by atoms with van der Waals surface area (Å²) in [6.07, 6.45) is 2.03. The van der Waals surface area contributed by atoms with E-state index in [1.165, 1.54) is 0 Å². The molecule has 2 amide bonds. The molecule has 1 rings (SSSR count). The second kappa shape index (κ2) is 6.17. The molecule has 0 aliphatic rings. The molecule has 3 N–H and O–H groups in total. The summed E-state index contributed by atoms with van der Waals surface area (Å²) in [5.74, 6) is -0.424. The Morgan fingerprint density at radius 2 is 2.05 bits per heavy atom. The number of nitrogens with one attached hydrogen (secondary N) is 2. The van der Waals surface area contributed by atoms with E-state index in [9.17, 15) is 9.59 Å². The van der Waals surface area contributed by atoms with Crippen molar-refractivity contribution in [3.8, 4) is 0 Å². The fraction of sp³-hybridized carbons (Fsp3) is 0.462. The van der Waals surface area contributed by atoms with Crippen molar-refractivity contribution in [1.29, 1.82) is 0 Å². The molecule has 1 heterocycles. The number of aryl methyl sites for hydroxylation is 1. The first-order chi connectivity index (χ1) is 8.78. The summed E-state index contributed by atoms with van der Waals surface area (Å²) < 4.78 is 0. The van der Waals surface area contributed by atoms with Crippen LogP contribution in [0.2, 0.25) is 0 Å². The summed E-state index contributed by atoms with van der Waals surface area (Å²) >= 11 is 0. The minimum atomic E-state index is -0.879. The highest BCUT2D eigenvalue weighted by atomic mass is 16.4. The predicted molar refractivity (Wildman–Crippen MR) is 72.1 cm³/mol. The maximum Gasteiger partial charge on any atom is 0.320 e. The lowest BCUT2D eigenvalue weighted by molar-refractivity contribution is -0.137. The van der Waals surface area contributed by atoms with Crippen molar-refractivity contribution in [3.05, 3.63) is 23.9 Å². The number of carboxylic acids is 1. The Labute approximate surface area is 112 Å². The van der Waals surface area contributed by atoms with E-state index in [-0.39, 0.29) is 6.42 Å². The molecule has 6 nitrogen and oxygen atoms in total. The molecule has 0 aromatic carbocycles. The van der Waals surface area contributed by atoms with Crippen LogP contribution in [0.3, 0.4) is 0 Å². The van der Waals surface area contributed by atoms with E-state index in [0.717, 1.165) is 5.56 Å². The van der Waals surface area contributed by atoms with Gasteiger partial charge >= 0.3 is 12.0 Å². The van der Waals surface area contributed by atoms with Gasteiger partial charge < -0.3 is 10.4 Å². The zero-order valence-corrected chi connectivity index (χ0v) is 11.4. The first-order valence-electron chi connectivity index (χ1n) is 6.02. The highest BCUT2D eigenvalue weighted by Crippen LogP contribution is 2.12. The summed E-state index contributed by atoms with van der Waals surface area (Å²) in [7, 11) is 0. The van der Waals surface area contributed by atoms with Gasteiger partial charge in [-0.3, -0.25) is 10.1 Å². The van der Waals surface area contributed by atoms with E-state index in [4.69, 9.17) is 5.11 Å². The number of pyridine rings is 1. The van der Waals surface area contributed by atoms with Crippen LogP contribution in [0, 0.1) is 6.92 Å². The second-order valence-corrected chi connectivity index (χ2v) is 5.08. The summed E-state index contributed by atoms with van der Waals surface area (Å²) in [6, 6.07) is 3.16. The van der Waals surface area contributed by atoms with Crippen LogP contribution < -0.4 is 10.6 Å². The number of nitrogens with zero attached hydrogens (tertiary/aromatic N) is 1. The average molecular weight is 265 g/mol. The van der Waals surface area contributed by atoms with Crippen LogP contribution in [-0.4, -0.2) is 27.6 Å². The number of urea groups is 1. The van der Waals surface area contributed by atoms with Gasteiger partial charge in [0.25, 0.3) is 0 Å². The third-order valence-electron chi connectivity index (χ3n) is 2.57. The molecule has 1 aromatic rings. The molecule has 104 valence electrons. The summed E-state index contributed by atoms with van der Waals surface area (Å²) in [4.78, 5) is 26.3.